The molecule has 0 spiro atoms. The monoisotopic (exact) mass is 258 g/mol. The van der Waals surface area contributed by atoms with Gasteiger partial charge in [0.05, 0.1) is 0 Å². The Kier molecular flexibility index (Phi) is 4.39. The van der Waals surface area contributed by atoms with Crippen LogP contribution in [-0.4, -0.2) is 20.1 Å². The molecule has 2 nitrogen and oxygen atoms in total. The zero-order valence-corrected chi connectivity index (χ0v) is 11.4. The van der Waals surface area contributed by atoms with Crippen molar-refractivity contribution in [1.82, 2.24) is 0 Å². The second-order valence-corrected chi connectivity index (χ2v) is 4.70. The van der Waals surface area contributed by atoms with Crippen LogP contribution in [0.3, 0.4) is 0 Å². The van der Waals surface area contributed by atoms with Gasteiger partial charge in [-0.15, -0.1) is 0 Å². The minimum absolute atomic E-state index is 0.198. The summed E-state index contributed by atoms with van der Waals surface area (Å²) < 4.78 is 13.1. The van der Waals surface area contributed by atoms with E-state index >= 15 is 0 Å². The number of hydrogen-bond donors (Lipinski definition) is 1. The van der Waals surface area contributed by atoms with Gasteiger partial charge in [-0.1, -0.05) is 18.2 Å². The number of nitrogens with zero attached hydrogens (tertiary/aromatic N) is 1. The number of rotatable bonds is 5. The summed E-state index contributed by atoms with van der Waals surface area (Å²) in [5, 5.41) is 3.37. The van der Waals surface area contributed by atoms with E-state index in [1.54, 1.807) is 12.1 Å². The highest BCUT2D eigenvalue weighted by molar-refractivity contribution is 5.47. The van der Waals surface area contributed by atoms with Crippen molar-refractivity contribution in [2.75, 3.05) is 30.4 Å². The summed E-state index contributed by atoms with van der Waals surface area (Å²) in [6.45, 7) is 3.71. The average Bonchev–Trinajstić information content (AvgIpc) is 2.38. The van der Waals surface area contributed by atoms with E-state index in [4.69, 9.17) is 0 Å². The first-order valence-corrected chi connectivity index (χ1v) is 6.42. The van der Waals surface area contributed by atoms with Crippen LogP contribution in [-0.2, 0) is 0 Å². The number of hydrogen-bond acceptors (Lipinski definition) is 2. The normalized spacial score (nSPS) is 10.3. The second-order valence-electron chi connectivity index (χ2n) is 4.70. The predicted octanol–water partition coefficient (Wildman–Crippen LogP) is 3.68. The first kappa shape index (κ1) is 13.4. The maximum absolute atomic E-state index is 13.1. The molecule has 0 saturated heterocycles. The van der Waals surface area contributed by atoms with Crippen LogP contribution in [0, 0.1) is 12.7 Å². The largest absolute Gasteiger partial charge is 0.383 e. The van der Waals surface area contributed by atoms with E-state index in [2.05, 4.69) is 30.4 Å². The van der Waals surface area contributed by atoms with Gasteiger partial charge in [0.25, 0.3) is 0 Å². The third-order valence-corrected chi connectivity index (χ3v) is 3.04. The van der Waals surface area contributed by atoms with Crippen LogP contribution < -0.4 is 10.2 Å². The Morgan fingerprint density at radius 2 is 1.89 bits per heavy atom. The van der Waals surface area contributed by atoms with E-state index in [9.17, 15) is 4.39 Å². The number of likely N-dealkylation sites (N-methyl/N-ethyl adjacent to an activating group) is 1. The minimum Gasteiger partial charge on any atom is -0.383 e. The molecule has 0 aliphatic carbocycles. The zero-order chi connectivity index (χ0) is 13.7. The predicted molar refractivity (Wildman–Crippen MR) is 79.3 cm³/mol. The third kappa shape index (κ3) is 3.98. The van der Waals surface area contributed by atoms with Gasteiger partial charge in [-0.05, 0) is 42.8 Å². The van der Waals surface area contributed by atoms with Crippen molar-refractivity contribution >= 4 is 11.4 Å². The fraction of sp³-hybridized carbons (Fsp3) is 0.250. The molecule has 0 saturated carbocycles. The van der Waals surface area contributed by atoms with Crippen LogP contribution in [0.15, 0.2) is 48.5 Å². The Morgan fingerprint density at radius 1 is 1.11 bits per heavy atom. The molecule has 0 aromatic heterocycles. The van der Waals surface area contributed by atoms with E-state index in [0.717, 1.165) is 24.5 Å². The first-order chi connectivity index (χ1) is 9.15. The molecule has 0 amide bonds. The summed E-state index contributed by atoms with van der Waals surface area (Å²) in [6.07, 6.45) is 0. The summed E-state index contributed by atoms with van der Waals surface area (Å²) >= 11 is 0. The number of benzene rings is 2. The van der Waals surface area contributed by atoms with E-state index in [1.165, 1.54) is 11.6 Å². The molecule has 0 heterocycles. The van der Waals surface area contributed by atoms with Gasteiger partial charge in [0.15, 0.2) is 0 Å². The zero-order valence-electron chi connectivity index (χ0n) is 11.4. The Balaban J connectivity index is 1.85. The fourth-order valence-corrected chi connectivity index (χ4v) is 1.97. The maximum atomic E-state index is 13.1. The van der Waals surface area contributed by atoms with Gasteiger partial charge >= 0.3 is 0 Å². The second kappa shape index (κ2) is 6.23. The summed E-state index contributed by atoms with van der Waals surface area (Å²) in [5.41, 5.74) is 3.25. The van der Waals surface area contributed by atoms with Crippen LogP contribution >= 0.6 is 0 Å². The Labute approximate surface area is 113 Å². The molecule has 1 N–H and O–H groups in total. The average molecular weight is 258 g/mol. The lowest BCUT2D eigenvalue weighted by molar-refractivity contribution is 0.627. The fourth-order valence-electron chi connectivity index (χ4n) is 1.97. The number of nitrogens with one attached hydrogen (secondary N) is 1. The van der Waals surface area contributed by atoms with Gasteiger partial charge in [0, 0.05) is 31.5 Å². The molecule has 0 atom stereocenters. The molecule has 2 aromatic rings. The van der Waals surface area contributed by atoms with Gasteiger partial charge in [0.2, 0.25) is 0 Å². The van der Waals surface area contributed by atoms with Gasteiger partial charge in [-0.2, -0.15) is 0 Å². The van der Waals surface area contributed by atoms with E-state index in [1.807, 2.05) is 24.1 Å². The first-order valence-electron chi connectivity index (χ1n) is 6.42. The van der Waals surface area contributed by atoms with Crippen molar-refractivity contribution in [3.8, 4) is 0 Å². The molecule has 19 heavy (non-hydrogen) atoms. The van der Waals surface area contributed by atoms with Gasteiger partial charge < -0.3 is 10.2 Å². The topological polar surface area (TPSA) is 15.3 Å². The number of halogens is 1. The van der Waals surface area contributed by atoms with Crippen molar-refractivity contribution in [1.29, 1.82) is 0 Å². The summed E-state index contributed by atoms with van der Waals surface area (Å²) in [6, 6.07) is 14.9. The number of aryl methyl sites for hydroxylation is 1. The highest BCUT2D eigenvalue weighted by atomic mass is 19.1. The molecule has 2 aromatic carbocycles. The van der Waals surface area contributed by atoms with Crippen molar-refractivity contribution < 1.29 is 4.39 Å². The molecule has 0 radical (unpaired) electrons. The summed E-state index contributed by atoms with van der Waals surface area (Å²) in [5.74, 6) is -0.198. The molecule has 0 aliphatic heterocycles. The summed E-state index contributed by atoms with van der Waals surface area (Å²) in [4.78, 5) is 2.03. The molecule has 3 heteroatoms. The van der Waals surface area contributed by atoms with Crippen molar-refractivity contribution in [3.63, 3.8) is 0 Å². The number of anilines is 2. The van der Waals surface area contributed by atoms with Crippen LogP contribution in [0.25, 0.3) is 0 Å². The van der Waals surface area contributed by atoms with Crippen molar-refractivity contribution in [3.05, 3.63) is 59.9 Å². The molecular formula is C16H19FN2. The molecular weight excluding hydrogens is 239 g/mol. The Morgan fingerprint density at radius 3 is 2.63 bits per heavy atom. The molecule has 100 valence electrons. The smallest absolute Gasteiger partial charge is 0.125 e. The quantitative estimate of drug-likeness (QED) is 0.880. The van der Waals surface area contributed by atoms with E-state index in [-0.39, 0.29) is 5.82 Å². The summed E-state index contributed by atoms with van der Waals surface area (Å²) in [7, 11) is 1.96. The molecule has 0 aliphatic rings. The molecule has 0 bridgehead atoms. The van der Waals surface area contributed by atoms with E-state index in [0.29, 0.717) is 0 Å². The lowest BCUT2D eigenvalue weighted by atomic mass is 10.2. The van der Waals surface area contributed by atoms with Crippen LogP contribution in [0.4, 0.5) is 15.8 Å². The SMILES string of the molecule is Cc1cccc(NCCN(C)c2cccc(F)c2)c1. The third-order valence-electron chi connectivity index (χ3n) is 3.04. The highest BCUT2D eigenvalue weighted by Crippen LogP contribution is 2.14. The van der Waals surface area contributed by atoms with E-state index < -0.39 is 0 Å². The van der Waals surface area contributed by atoms with Crippen LogP contribution in [0.2, 0.25) is 0 Å². The molecule has 0 unspecified atom stereocenters. The standard InChI is InChI=1S/C16H19FN2/c1-13-5-3-7-15(11-13)18-9-10-19(2)16-8-4-6-14(17)12-16/h3-8,11-12,18H,9-10H2,1-2H3. The highest BCUT2D eigenvalue weighted by Gasteiger charge is 2.01. The molecule has 0 fully saturated rings. The van der Waals surface area contributed by atoms with Gasteiger partial charge in [0.1, 0.15) is 5.82 Å². The maximum Gasteiger partial charge on any atom is 0.125 e. The van der Waals surface area contributed by atoms with Crippen molar-refractivity contribution in [2.45, 2.75) is 6.92 Å². The van der Waals surface area contributed by atoms with Crippen LogP contribution in [0.5, 0.6) is 0 Å². The minimum atomic E-state index is -0.198. The van der Waals surface area contributed by atoms with Crippen LogP contribution in [0.1, 0.15) is 5.56 Å². The van der Waals surface area contributed by atoms with Gasteiger partial charge in [-0.3, -0.25) is 0 Å². The lowest BCUT2D eigenvalue weighted by Gasteiger charge is -2.20. The van der Waals surface area contributed by atoms with Gasteiger partial charge in [-0.25, -0.2) is 4.39 Å². The van der Waals surface area contributed by atoms with Crippen molar-refractivity contribution in [2.24, 2.45) is 0 Å². The molecule has 2 rings (SSSR count). The Bertz CT molecular complexity index is 540. The lowest BCUT2D eigenvalue weighted by Crippen LogP contribution is -2.24. The Hall–Kier alpha value is -2.03.